The summed E-state index contributed by atoms with van der Waals surface area (Å²) >= 11 is 0. The third-order valence-electron chi connectivity index (χ3n) is 6.56. The van der Waals surface area contributed by atoms with Crippen molar-refractivity contribution in [2.45, 2.75) is 51.4 Å². The highest BCUT2D eigenvalue weighted by molar-refractivity contribution is 5.86. The Balaban J connectivity index is 1.66. The molecule has 3 heteroatoms. The lowest BCUT2D eigenvalue weighted by Gasteiger charge is -2.41. The van der Waals surface area contributed by atoms with Crippen LogP contribution in [0.15, 0.2) is 24.3 Å². The van der Waals surface area contributed by atoms with Crippen LogP contribution in [0.3, 0.4) is 0 Å². The molecule has 4 rings (SSSR count). The second kappa shape index (κ2) is 6.59. The highest BCUT2D eigenvalue weighted by Crippen LogP contribution is 2.48. The van der Waals surface area contributed by atoms with Crippen LogP contribution in [0.25, 0.3) is 10.8 Å². The van der Waals surface area contributed by atoms with Gasteiger partial charge in [0.2, 0.25) is 0 Å². The first-order valence-corrected chi connectivity index (χ1v) is 9.52. The number of benzene rings is 2. The molecule has 0 bridgehead atoms. The van der Waals surface area contributed by atoms with Crippen molar-refractivity contribution < 1.29 is 13.5 Å². The van der Waals surface area contributed by atoms with E-state index in [0.29, 0.717) is 22.6 Å². The van der Waals surface area contributed by atoms with Crippen molar-refractivity contribution in [2.24, 2.45) is 17.8 Å². The molecule has 0 N–H and O–H groups in total. The van der Waals surface area contributed by atoms with Gasteiger partial charge in [-0.15, -0.1) is 0 Å². The lowest BCUT2D eigenvalue weighted by molar-refractivity contribution is 0.124. The Morgan fingerprint density at radius 1 is 0.960 bits per heavy atom. The largest absolute Gasteiger partial charge is 0.497 e. The van der Waals surface area contributed by atoms with E-state index in [2.05, 4.69) is 6.92 Å². The average molecular weight is 344 g/mol. The van der Waals surface area contributed by atoms with Gasteiger partial charge >= 0.3 is 0 Å². The normalized spacial score (nSPS) is 29.4. The molecule has 134 valence electrons. The Morgan fingerprint density at radius 2 is 1.72 bits per heavy atom. The quantitative estimate of drug-likeness (QED) is 0.608. The predicted octanol–water partition coefficient (Wildman–Crippen LogP) is 6.45. The minimum absolute atomic E-state index is 0.109. The van der Waals surface area contributed by atoms with Crippen LogP contribution in [0.2, 0.25) is 0 Å². The highest BCUT2D eigenvalue weighted by Gasteiger charge is 2.35. The van der Waals surface area contributed by atoms with Crippen molar-refractivity contribution in [1.29, 1.82) is 0 Å². The van der Waals surface area contributed by atoms with E-state index in [1.54, 1.807) is 6.07 Å². The maximum Gasteiger partial charge on any atom is 0.137 e. The van der Waals surface area contributed by atoms with Crippen LogP contribution in [0.4, 0.5) is 8.78 Å². The summed E-state index contributed by atoms with van der Waals surface area (Å²) in [4.78, 5) is 0. The SMILES string of the molecule is COc1cc(F)c2c(F)c([C@@H]3CC[C@@H]4CC(C)CCC4C3)ccc2c1. The first-order valence-electron chi connectivity index (χ1n) is 9.52. The first kappa shape index (κ1) is 16.8. The Bertz CT molecular complexity index is 785. The summed E-state index contributed by atoms with van der Waals surface area (Å²) < 4.78 is 34.7. The van der Waals surface area contributed by atoms with E-state index >= 15 is 4.39 Å². The van der Waals surface area contributed by atoms with Gasteiger partial charge in [0, 0.05) is 6.07 Å². The first-order chi connectivity index (χ1) is 12.1. The smallest absolute Gasteiger partial charge is 0.137 e. The van der Waals surface area contributed by atoms with Gasteiger partial charge in [-0.2, -0.15) is 0 Å². The van der Waals surface area contributed by atoms with E-state index in [4.69, 9.17) is 4.74 Å². The molecule has 25 heavy (non-hydrogen) atoms. The Morgan fingerprint density at radius 3 is 2.52 bits per heavy atom. The molecule has 0 heterocycles. The van der Waals surface area contributed by atoms with Crippen molar-refractivity contribution in [2.75, 3.05) is 7.11 Å². The molecular formula is C22H26F2O. The molecule has 2 aliphatic rings. The van der Waals surface area contributed by atoms with Crippen LogP contribution in [0.5, 0.6) is 5.75 Å². The summed E-state index contributed by atoms with van der Waals surface area (Å²) in [5.74, 6) is 2.10. The van der Waals surface area contributed by atoms with Crippen LogP contribution < -0.4 is 4.74 Å². The van der Waals surface area contributed by atoms with Crippen LogP contribution in [0.1, 0.15) is 56.9 Å². The summed E-state index contributed by atoms with van der Waals surface area (Å²) in [5, 5.41) is 0.677. The van der Waals surface area contributed by atoms with E-state index in [9.17, 15) is 4.39 Å². The monoisotopic (exact) mass is 344 g/mol. The van der Waals surface area contributed by atoms with Gasteiger partial charge in [0.05, 0.1) is 12.5 Å². The number of hydrogen-bond acceptors (Lipinski definition) is 1. The van der Waals surface area contributed by atoms with Crippen molar-refractivity contribution in [3.8, 4) is 5.75 Å². The molecule has 0 saturated heterocycles. The van der Waals surface area contributed by atoms with Crippen LogP contribution in [-0.4, -0.2) is 7.11 Å². The average Bonchev–Trinajstić information content (AvgIpc) is 2.61. The van der Waals surface area contributed by atoms with Gasteiger partial charge < -0.3 is 4.74 Å². The molecule has 2 unspecified atom stereocenters. The van der Waals surface area contributed by atoms with Gasteiger partial charge in [0.15, 0.2) is 0 Å². The summed E-state index contributed by atoms with van der Waals surface area (Å²) in [5.41, 5.74) is 0.702. The fraction of sp³-hybridized carbons (Fsp3) is 0.545. The zero-order valence-electron chi connectivity index (χ0n) is 15.0. The van der Waals surface area contributed by atoms with Crippen molar-refractivity contribution in [3.63, 3.8) is 0 Å². The molecule has 0 aliphatic heterocycles. The lowest BCUT2D eigenvalue weighted by Crippen LogP contribution is -2.29. The van der Waals surface area contributed by atoms with Crippen molar-refractivity contribution in [1.82, 2.24) is 0 Å². The Labute approximate surface area is 148 Å². The molecule has 0 spiro atoms. The minimum atomic E-state index is -0.533. The number of rotatable bonds is 2. The van der Waals surface area contributed by atoms with Crippen LogP contribution >= 0.6 is 0 Å². The number of ether oxygens (including phenoxy) is 1. The van der Waals surface area contributed by atoms with Gasteiger partial charge in [0.25, 0.3) is 0 Å². The van der Waals surface area contributed by atoms with Gasteiger partial charge in [0.1, 0.15) is 17.4 Å². The standard InChI is InChI=1S/C22H26F2O/c1-13-3-4-15-10-16(6-5-14(15)9-13)19-8-7-17-11-18(25-2)12-20(23)21(17)22(19)24/h7-8,11-16H,3-6,9-10H2,1-2H3/t13?,14-,15?,16-/m1/s1. The van der Waals surface area contributed by atoms with Gasteiger partial charge in [-0.05, 0) is 72.8 Å². The summed E-state index contributed by atoms with van der Waals surface area (Å²) in [6.07, 6.45) is 7.14. The number of halogens is 2. The van der Waals surface area contributed by atoms with Gasteiger partial charge in [-0.3, -0.25) is 0 Å². The molecule has 4 atom stereocenters. The van der Waals surface area contributed by atoms with Crippen LogP contribution in [-0.2, 0) is 0 Å². The van der Waals surface area contributed by atoms with Gasteiger partial charge in [-0.25, -0.2) is 8.78 Å². The van der Waals surface area contributed by atoms with Crippen molar-refractivity contribution >= 4 is 10.8 Å². The van der Waals surface area contributed by atoms with Crippen molar-refractivity contribution in [3.05, 3.63) is 41.5 Å². The maximum atomic E-state index is 15.2. The second-order valence-corrected chi connectivity index (χ2v) is 8.12. The van der Waals surface area contributed by atoms with Gasteiger partial charge in [-0.1, -0.05) is 25.5 Å². The third-order valence-corrected chi connectivity index (χ3v) is 6.56. The molecule has 2 aromatic carbocycles. The fourth-order valence-electron chi connectivity index (χ4n) is 5.20. The second-order valence-electron chi connectivity index (χ2n) is 8.12. The molecular weight excluding hydrogens is 318 g/mol. The van der Waals surface area contributed by atoms with Crippen LogP contribution in [0, 0.1) is 29.4 Å². The maximum absolute atomic E-state index is 15.2. The summed E-state index contributed by atoms with van der Waals surface area (Å²) in [6.45, 7) is 2.35. The third kappa shape index (κ3) is 3.02. The van der Waals surface area contributed by atoms with E-state index in [1.165, 1.54) is 38.9 Å². The molecule has 2 fully saturated rings. The molecule has 2 saturated carbocycles. The Hall–Kier alpha value is -1.64. The summed E-state index contributed by atoms with van der Waals surface area (Å²) in [6, 6.07) is 6.68. The number of fused-ring (bicyclic) bond motifs is 2. The lowest BCUT2D eigenvalue weighted by atomic mass is 9.64. The topological polar surface area (TPSA) is 9.23 Å². The zero-order chi connectivity index (χ0) is 17.6. The number of hydrogen-bond donors (Lipinski definition) is 0. The fourth-order valence-corrected chi connectivity index (χ4v) is 5.20. The number of methoxy groups -OCH3 is 1. The molecule has 0 amide bonds. The minimum Gasteiger partial charge on any atom is -0.497 e. The van der Waals surface area contributed by atoms with E-state index in [0.717, 1.165) is 24.7 Å². The molecule has 0 radical (unpaired) electrons. The summed E-state index contributed by atoms with van der Waals surface area (Å²) in [7, 11) is 1.49. The Kier molecular flexibility index (Phi) is 4.43. The molecule has 2 aliphatic carbocycles. The van der Waals surface area contributed by atoms with E-state index in [-0.39, 0.29) is 17.1 Å². The highest BCUT2D eigenvalue weighted by atomic mass is 19.1. The molecule has 1 nitrogen and oxygen atoms in total. The predicted molar refractivity (Wildman–Crippen MR) is 97.0 cm³/mol. The molecule has 0 aromatic heterocycles. The zero-order valence-corrected chi connectivity index (χ0v) is 15.0. The molecule has 2 aromatic rings. The van der Waals surface area contributed by atoms with E-state index < -0.39 is 5.82 Å². The van der Waals surface area contributed by atoms with E-state index in [1.807, 2.05) is 12.1 Å².